The molecule has 1 aliphatic heterocycles. The SMILES string of the molecule is CN(C)C(=O)CCNC(=O)[C@]1(C)CC(c2cccc(F)c2)=NO1. The summed E-state index contributed by atoms with van der Waals surface area (Å²) in [7, 11) is 3.31. The monoisotopic (exact) mass is 321 g/mol. The van der Waals surface area contributed by atoms with E-state index in [1.165, 1.54) is 17.0 Å². The van der Waals surface area contributed by atoms with Gasteiger partial charge < -0.3 is 15.1 Å². The highest BCUT2D eigenvalue weighted by molar-refractivity contribution is 6.05. The summed E-state index contributed by atoms with van der Waals surface area (Å²) in [6.07, 6.45) is 0.455. The Kier molecular flexibility index (Phi) is 4.98. The molecule has 0 saturated carbocycles. The molecule has 1 N–H and O–H groups in total. The number of carbonyl (C=O) groups excluding carboxylic acids is 2. The fourth-order valence-electron chi connectivity index (χ4n) is 2.18. The molecule has 1 aromatic rings. The van der Waals surface area contributed by atoms with Crippen molar-refractivity contribution in [2.45, 2.75) is 25.4 Å². The molecule has 1 atom stereocenters. The molecule has 0 spiro atoms. The molecular formula is C16H20FN3O3. The largest absolute Gasteiger partial charge is 0.379 e. The van der Waals surface area contributed by atoms with Gasteiger partial charge in [-0.25, -0.2) is 4.39 Å². The van der Waals surface area contributed by atoms with Crippen LogP contribution < -0.4 is 5.32 Å². The van der Waals surface area contributed by atoms with Crippen LogP contribution >= 0.6 is 0 Å². The second kappa shape index (κ2) is 6.76. The third-order valence-electron chi connectivity index (χ3n) is 3.62. The lowest BCUT2D eigenvalue weighted by atomic mass is 9.95. The van der Waals surface area contributed by atoms with E-state index < -0.39 is 5.60 Å². The van der Waals surface area contributed by atoms with Crippen LogP contribution in [0.2, 0.25) is 0 Å². The number of benzene rings is 1. The smallest absolute Gasteiger partial charge is 0.267 e. The molecule has 0 saturated heterocycles. The van der Waals surface area contributed by atoms with Gasteiger partial charge in [-0.1, -0.05) is 17.3 Å². The summed E-state index contributed by atoms with van der Waals surface area (Å²) in [4.78, 5) is 30.5. The van der Waals surface area contributed by atoms with Crippen molar-refractivity contribution in [3.8, 4) is 0 Å². The Morgan fingerprint density at radius 3 is 2.83 bits per heavy atom. The van der Waals surface area contributed by atoms with Crippen molar-refractivity contribution >= 4 is 17.5 Å². The van der Waals surface area contributed by atoms with Crippen LogP contribution in [0.5, 0.6) is 0 Å². The van der Waals surface area contributed by atoms with E-state index in [-0.39, 0.29) is 37.0 Å². The van der Waals surface area contributed by atoms with Gasteiger partial charge in [-0.2, -0.15) is 0 Å². The van der Waals surface area contributed by atoms with E-state index in [1.807, 2.05) is 0 Å². The molecule has 1 aromatic carbocycles. The van der Waals surface area contributed by atoms with Gasteiger partial charge in [-0.05, 0) is 19.1 Å². The van der Waals surface area contributed by atoms with E-state index in [0.717, 1.165) is 0 Å². The van der Waals surface area contributed by atoms with E-state index in [1.54, 1.807) is 33.2 Å². The summed E-state index contributed by atoms with van der Waals surface area (Å²) in [6, 6.07) is 5.98. The predicted octanol–water partition coefficient (Wildman–Crippen LogP) is 1.30. The number of rotatable bonds is 5. The summed E-state index contributed by atoms with van der Waals surface area (Å²) >= 11 is 0. The third kappa shape index (κ3) is 4.06. The molecular weight excluding hydrogens is 301 g/mol. The highest BCUT2D eigenvalue weighted by atomic mass is 19.1. The van der Waals surface area contributed by atoms with E-state index in [4.69, 9.17) is 4.84 Å². The molecule has 6 nitrogen and oxygen atoms in total. The van der Waals surface area contributed by atoms with Crippen molar-refractivity contribution in [1.29, 1.82) is 0 Å². The lowest BCUT2D eigenvalue weighted by Crippen LogP contribution is -2.45. The zero-order chi connectivity index (χ0) is 17.0. The Morgan fingerprint density at radius 2 is 2.17 bits per heavy atom. The number of hydrogen-bond acceptors (Lipinski definition) is 4. The quantitative estimate of drug-likeness (QED) is 0.889. The molecule has 7 heteroatoms. The average Bonchev–Trinajstić information content (AvgIpc) is 2.91. The zero-order valence-corrected chi connectivity index (χ0v) is 13.4. The van der Waals surface area contributed by atoms with Gasteiger partial charge in [0.25, 0.3) is 5.91 Å². The summed E-state index contributed by atoms with van der Waals surface area (Å²) in [5.41, 5.74) is -0.0427. The van der Waals surface area contributed by atoms with E-state index in [0.29, 0.717) is 11.3 Å². The molecule has 2 rings (SSSR count). The van der Waals surface area contributed by atoms with Crippen molar-refractivity contribution in [1.82, 2.24) is 10.2 Å². The minimum absolute atomic E-state index is 0.0699. The van der Waals surface area contributed by atoms with Crippen molar-refractivity contribution < 1.29 is 18.8 Å². The fraction of sp³-hybridized carbons (Fsp3) is 0.438. The maximum atomic E-state index is 13.3. The Hall–Kier alpha value is -2.44. The number of nitrogens with zero attached hydrogens (tertiary/aromatic N) is 2. The van der Waals surface area contributed by atoms with E-state index in [9.17, 15) is 14.0 Å². The van der Waals surface area contributed by atoms with Gasteiger partial charge in [0.2, 0.25) is 11.5 Å². The minimum Gasteiger partial charge on any atom is -0.379 e. The average molecular weight is 321 g/mol. The summed E-state index contributed by atoms with van der Waals surface area (Å²) < 4.78 is 13.3. The zero-order valence-electron chi connectivity index (χ0n) is 13.4. The van der Waals surface area contributed by atoms with Gasteiger partial charge in [-0.15, -0.1) is 0 Å². The Labute approximate surface area is 134 Å². The first-order chi connectivity index (χ1) is 10.8. The number of amides is 2. The van der Waals surface area contributed by atoms with Crippen LogP contribution in [0, 0.1) is 5.82 Å². The van der Waals surface area contributed by atoms with Crippen molar-refractivity contribution in [2.24, 2.45) is 5.16 Å². The molecule has 2 amide bonds. The molecule has 1 heterocycles. The van der Waals surface area contributed by atoms with Gasteiger partial charge in [0.05, 0.1) is 5.71 Å². The lowest BCUT2D eigenvalue weighted by Gasteiger charge is -2.20. The van der Waals surface area contributed by atoms with Gasteiger partial charge in [0.1, 0.15) is 5.82 Å². The minimum atomic E-state index is -1.15. The van der Waals surface area contributed by atoms with Crippen molar-refractivity contribution in [3.63, 3.8) is 0 Å². The molecule has 0 aromatic heterocycles. The van der Waals surface area contributed by atoms with Crippen molar-refractivity contribution in [3.05, 3.63) is 35.6 Å². The first-order valence-corrected chi connectivity index (χ1v) is 7.31. The Morgan fingerprint density at radius 1 is 1.43 bits per heavy atom. The molecule has 0 aliphatic carbocycles. The predicted molar refractivity (Wildman–Crippen MR) is 83.4 cm³/mol. The molecule has 124 valence electrons. The first-order valence-electron chi connectivity index (χ1n) is 7.31. The Bertz CT molecular complexity index is 645. The van der Waals surface area contributed by atoms with Crippen LogP contribution in [0.4, 0.5) is 4.39 Å². The van der Waals surface area contributed by atoms with Crippen LogP contribution in [0.1, 0.15) is 25.3 Å². The van der Waals surface area contributed by atoms with Gasteiger partial charge in [-0.3, -0.25) is 9.59 Å². The molecule has 0 bridgehead atoms. The van der Waals surface area contributed by atoms with Crippen LogP contribution in [0.3, 0.4) is 0 Å². The second-order valence-electron chi connectivity index (χ2n) is 5.84. The topological polar surface area (TPSA) is 71.0 Å². The second-order valence-corrected chi connectivity index (χ2v) is 5.84. The standard InChI is InChI=1S/C16H20FN3O3/c1-16(15(22)18-8-7-14(21)20(2)3)10-13(19-23-16)11-5-4-6-12(17)9-11/h4-6,9H,7-8,10H2,1-3H3,(H,18,22)/t16-/m0/s1. The van der Waals surface area contributed by atoms with Crippen LogP contribution in [0.15, 0.2) is 29.4 Å². The Balaban J connectivity index is 1.91. The molecule has 0 radical (unpaired) electrons. The summed E-state index contributed by atoms with van der Waals surface area (Å²) in [5.74, 6) is -0.788. The number of hydrogen-bond donors (Lipinski definition) is 1. The molecule has 23 heavy (non-hydrogen) atoms. The summed E-state index contributed by atoms with van der Waals surface area (Å²) in [5, 5.41) is 6.58. The van der Waals surface area contributed by atoms with E-state index in [2.05, 4.69) is 10.5 Å². The maximum absolute atomic E-state index is 13.3. The molecule has 0 fully saturated rings. The maximum Gasteiger partial charge on any atom is 0.267 e. The van der Waals surface area contributed by atoms with Gasteiger partial charge in [0.15, 0.2) is 0 Å². The van der Waals surface area contributed by atoms with Crippen LogP contribution in [0.25, 0.3) is 0 Å². The van der Waals surface area contributed by atoms with Gasteiger partial charge in [0, 0.05) is 39.0 Å². The highest BCUT2D eigenvalue weighted by Gasteiger charge is 2.42. The van der Waals surface area contributed by atoms with Crippen LogP contribution in [-0.2, 0) is 14.4 Å². The summed E-state index contributed by atoms with van der Waals surface area (Å²) in [6.45, 7) is 1.84. The molecule has 0 unspecified atom stereocenters. The first kappa shape index (κ1) is 16.9. The third-order valence-corrected chi connectivity index (χ3v) is 3.62. The fourth-order valence-corrected chi connectivity index (χ4v) is 2.18. The highest BCUT2D eigenvalue weighted by Crippen LogP contribution is 2.27. The van der Waals surface area contributed by atoms with Crippen LogP contribution in [-0.4, -0.2) is 48.7 Å². The number of oxime groups is 1. The normalized spacial score (nSPS) is 19.7. The van der Waals surface area contributed by atoms with Gasteiger partial charge >= 0.3 is 0 Å². The number of nitrogens with one attached hydrogen (secondary N) is 1. The number of halogens is 1. The molecule has 1 aliphatic rings. The lowest BCUT2D eigenvalue weighted by molar-refractivity contribution is -0.141. The number of carbonyl (C=O) groups is 2. The van der Waals surface area contributed by atoms with Crippen molar-refractivity contribution in [2.75, 3.05) is 20.6 Å². The van der Waals surface area contributed by atoms with E-state index >= 15 is 0 Å².